The van der Waals surface area contributed by atoms with E-state index in [2.05, 4.69) is 25.3 Å². The molecule has 1 aromatic carbocycles. The molecule has 0 amide bonds. The molecule has 0 fully saturated rings. The fraction of sp³-hybridized carbons (Fsp3) is 0.200. The van der Waals surface area contributed by atoms with Crippen molar-refractivity contribution in [3.8, 4) is 0 Å². The Morgan fingerprint density at radius 1 is 1.50 bits per heavy atom. The summed E-state index contributed by atoms with van der Waals surface area (Å²) in [5.74, 6) is 1.66. The van der Waals surface area contributed by atoms with Gasteiger partial charge in [0.2, 0.25) is 0 Å². The molecule has 1 heterocycles. The fourth-order valence-electron chi connectivity index (χ4n) is 1.17. The highest BCUT2D eigenvalue weighted by Crippen LogP contribution is 2.28. The number of aromatic nitrogens is 2. The number of anilines is 1. The minimum Gasteiger partial charge on any atom is -0.398 e. The van der Waals surface area contributed by atoms with Crippen LogP contribution in [-0.2, 0) is 5.75 Å². The van der Waals surface area contributed by atoms with Gasteiger partial charge in [-0.15, -0.1) is 0 Å². The van der Waals surface area contributed by atoms with Gasteiger partial charge in [-0.2, -0.15) is 4.37 Å². The highest BCUT2D eigenvalue weighted by Gasteiger charge is 2.04. The second-order valence-corrected chi connectivity index (χ2v) is 6.13. The molecule has 2 rings (SSSR count). The van der Waals surface area contributed by atoms with Gasteiger partial charge in [0.15, 0.2) is 4.34 Å². The third-order valence-corrected chi connectivity index (χ3v) is 4.43. The molecule has 16 heavy (non-hydrogen) atoms. The number of benzene rings is 1. The number of nitrogens with zero attached hydrogens (tertiary/aromatic N) is 2. The smallest absolute Gasteiger partial charge is 0.170 e. The molecule has 2 N–H and O–H groups in total. The predicted molar refractivity (Wildman–Crippen MR) is 72.8 cm³/mol. The first kappa shape index (κ1) is 11.9. The number of rotatable bonds is 3. The Balaban J connectivity index is 2.04. The Hall–Kier alpha value is -0.590. The number of halogens is 1. The van der Waals surface area contributed by atoms with Crippen LogP contribution in [0.4, 0.5) is 5.69 Å². The zero-order chi connectivity index (χ0) is 11.5. The molecule has 1 aromatic heterocycles. The van der Waals surface area contributed by atoms with E-state index in [-0.39, 0.29) is 0 Å². The molecule has 0 unspecified atom stereocenters. The van der Waals surface area contributed by atoms with E-state index in [1.54, 1.807) is 11.8 Å². The van der Waals surface area contributed by atoms with Crippen LogP contribution in [0.1, 0.15) is 11.4 Å². The predicted octanol–water partition coefficient (Wildman–Crippen LogP) is 3.48. The van der Waals surface area contributed by atoms with Gasteiger partial charge >= 0.3 is 0 Å². The van der Waals surface area contributed by atoms with Crippen molar-refractivity contribution in [3.05, 3.63) is 34.1 Å². The molecular weight excluding hydrogens is 306 g/mol. The molecule has 0 aliphatic carbocycles. The van der Waals surface area contributed by atoms with E-state index in [1.165, 1.54) is 11.5 Å². The maximum absolute atomic E-state index is 5.91. The molecule has 0 aliphatic rings. The van der Waals surface area contributed by atoms with E-state index in [1.807, 2.05) is 25.1 Å². The van der Waals surface area contributed by atoms with Crippen molar-refractivity contribution >= 4 is 44.9 Å². The van der Waals surface area contributed by atoms with Gasteiger partial charge in [0.1, 0.15) is 5.82 Å². The number of hydrogen-bond donors (Lipinski definition) is 1. The molecule has 0 spiro atoms. The van der Waals surface area contributed by atoms with Gasteiger partial charge in [-0.05, 0) is 36.2 Å². The molecule has 0 bridgehead atoms. The number of thioether (sulfide) groups is 1. The first-order valence-electron chi connectivity index (χ1n) is 4.62. The average Bonchev–Trinajstić information content (AvgIpc) is 2.63. The van der Waals surface area contributed by atoms with Crippen LogP contribution in [0.25, 0.3) is 0 Å². The summed E-state index contributed by atoms with van der Waals surface area (Å²) in [7, 11) is 0. The van der Waals surface area contributed by atoms with Crippen molar-refractivity contribution in [1.82, 2.24) is 9.36 Å². The molecule has 0 saturated heterocycles. The van der Waals surface area contributed by atoms with Crippen LogP contribution in [0.15, 0.2) is 27.0 Å². The topological polar surface area (TPSA) is 51.8 Å². The second-order valence-electron chi connectivity index (χ2n) is 3.24. The van der Waals surface area contributed by atoms with Gasteiger partial charge in [-0.1, -0.05) is 33.8 Å². The van der Waals surface area contributed by atoms with Crippen LogP contribution >= 0.6 is 39.2 Å². The number of aryl methyl sites for hydroxylation is 1. The number of hydrogen-bond acceptors (Lipinski definition) is 5. The van der Waals surface area contributed by atoms with Crippen LogP contribution in [0.2, 0.25) is 0 Å². The van der Waals surface area contributed by atoms with Crippen molar-refractivity contribution in [2.45, 2.75) is 17.0 Å². The van der Waals surface area contributed by atoms with Crippen LogP contribution in [0.3, 0.4) is 0 Å². The first-order valence-corrected chi connectivity index (χ1v) is 7.17. The van der Waals surface area contributed by atoms with Crippen LogP contribution < -0.4 is 5.73 Å². The van der Waals surface area contributed by atoms with E-state index in [4.69, 9.17) is 5.73 Å². The minimum atomic E-state index is 0.808. The lowest BCUT2D eigenvalue weighted by Gasteiger charge is -2.03. The van der Waals surface area contributed by atoms with Gasteiger partial charge < -0.3 is 5.73 Å². The van der Waals surface area contributed by atoms with Crippen molar-refractivity contribution in [1.29, 1.82) is 0 Å². The summed E-state index contributed by atoms with van der Waals surface area (Å²) in [6.45, 7) is 1.90. The quantitative estimate of drug-likeness (QED) is 0.696. The Labute approximate surface area is 111 Å². The van der Waals surface area contributed by atoms with E-state index in [0.717, 1.165) is 31.6 Å². The lowest BCUT2D eigenvalue weighted by molar-refractivity contribution is 1.10. The minimum absolute atomic E-state index is 0.808. The normalized spacial score (nSPS) is 10.6. The van der Waals surface area contributed by atoms with Gasteiger partial charge in [0.05, 0.1) is 0 Å². The first-order chi connectivity index (χ1) is 7.65. The standard InChI is InChI=1S/C10H10BrN3S2/c1-6-13-10(16-14-6)15-5-7-2-3-8(11)4-9(7)12/h2-4H,5,12H2,1H3. The second kappa shape index (κ2) is 5.16. The van der Waals surface area contributed by atoms with Crippen LogP contribution in [0.5, 0.6) is 0 Å². The van der Waals surface area contributed by atoms with E-state index >= 15 is 0 Å². The number of nitrogens with two attached hydrogens (primary N) is 1. The molecule has 6 heteroatoms. The Morgan fingerprint density at radius 2 is 2.31 bits per heavy atom. The molecule has 2 aromatic rings. The maximum Gasteiger partial charge on any atom is 0.170 e. The molecule has 84 valence electrons. The molecule has 0 radical (unpaired) electrons. The molecule has 0 saturated carbocycles. The molecule has 0 aliphatic heterocycles. The van der Waals surface area contributed by atoms with E-state index < -0.39 is 0 Å². The van der Waals surface area contributed by atoms with E-state index in [0.29, 0.717) is 0 Å². The highest BCUT2D eigenvalue weighted by atomic mass is 79.9. The Morgan fingerprint density at radius 3 is 2.94 bits per heavy atom. The SMILES string of the molecule is Cc1nsc(SCc2ccc(Br)cc2N)n1. The van der Waals surface area contributed by atoms with E-state index in [9.17, 15) is 0 Å². The summed E-state index contributed by atoms with van der Waals surface area (Å²) in [5.41, 5.74) is 7.85. The molecule has 0 atom stereocenters. The highest BCUT2D eigenvalue weighted by molar-refractivity contribution is 9.10. The average molecular weight is 316 g/mol. The lowest BCUT2D eigenvalue weighted by Crippen LogP contribution is -1.92. The third-order valence-electron chi connectivity index (χ3n) is 1.97. The van der Waals surface area contributed by atoms with Crippen molar-refractivity contribution in [3.63, 3.8) is 0 Å². The largest absolute Gasteiger partial charge is 0.398 e. The summed E-state index contributed by atoms with van der Waals surface area (Å²) < 4.78 is 6.13. The van der Waals surface area contributed by atoms with Crippen molar-refractivity contribution in [2.24, 2.45) is 0 Å². The summed E-state index contributed by atoms with van der Waals surface area (Å²) in [6, 6.07) is 5.94. The molecular formula is C10H10BrN3S2. The zero-order valence-electron chi connectivity index (χ0n) is 8.61. The summed E-state index contributed by atoms with van der Waals surface area (Å²) in [6.07, 6.45) is 0. The number of nitrogen functional groups attached to an aromatic ring is 1. The Kier molecular flexibility index (Phi) is 3.83. The zero-order valence-corrected chi connectivity index (χ0v) is 11.8. The third kappa shape index (κ3) is 2.96. The van der Waals surface area contributed by atoms with Gasteiger partial charge in [-0.3, -0.25) is 0 Å². The monoisotopic (exact) mass is 315 g/mol. The van der Waals surface area contributed by atoms with Crippen LogP contribution in [-0.4, -0.2) is 9.36 Å². The van der Waals surface area contributed by atoms with Gasteiger partial charge in [0.25, 0.3) is 0 Å². The summed E-state index contributed by atoms with van der Waals surface area (Å²) in [5, 5.41) is 0. The summed E-state index contributed by atoms with van der Waals surface area (Å²) in [4.78, 5) is 4.29. The van der Waals surface area contributed by atoms with Crippen molar-refractivity contribution < 1.29 is 0 Å². The summed E-state index contributed by atoms with van der Waals surface area (Å²) >= 11 is 6.48. The van der Waals surface area contributed by atoms with Crippen LogP contribution in [0, 0.1) is 6.92 Å². The fourth-order valence-corrected chi connectivity index (χ4v) is 3.21. The Bertz CT molecular complexity index is 499. The van der Waals surface area contributed by atoms with Crippen molar-refractivity contribution in [2.75, 3.05) is 5.73 Å². The molecule has 3 nitrogen and oxygen atoms in total. The maximum atomic E-state index is 5.91. The van der Waals surface area contributed by atoms with Gasteiger partial charge in [0, 0.05) is 15.9 Å². The van der Waals surface area contributed by atoms with Gasteiger partial charge in [-0.25, -0.2) is 4.98 Å². The lowest BCUT2D eigenvalue weighted by atomic mass is 10.2.